The number of rotatable bonds is 36. The zero-order valence-corrected chi connectivity index (χ0v) is 35.5. The second-order valence-corrected chi connectivity index (χ2v) is 16.7. The lowest BCUT2D eigenvalue weighted by molar-refractivity contribution is -0.246. The summed E-state index contributed by atoms with van der Waals surface area (Å²) in [6.45, 7) is 8.84. The molecule has 0 aliphatic heterocycles. The SMILES string of the molecule is CCCCCCCCCCCCCCCC(=O)C(C)(O)C(C(C)O)(C(C)OS(=O)(=O)[O-])C(C)(O)C(=O)CCCCCCCCCCCCCCC.[NH4+]. The summed E-state index contributed by atoms with van der Waals surface area (Å²) in [5, 5.41) is 35.0. The van der Waals surface area contributed by atoms with Crippen LogP contribution in [0.25, 0.3) is 0 Å². The molecule has 4 atom stereocenters. The van der Waals surface area contributed by atoms with E-state index in [0.717, 1.165) is 79.1 Å². The van der Waals surface area contributed by atoms with Crippen LogP contribution >= 0.6 is 0 Å². The molecule has 7 N–H and O–H groups in total. The number of ketones is 2. The maximum atomic E-state index is 13.7. The van der Waals surface area contributed by atoms with Crippen LogP contribution < -0.4 is 6.15 Å². The number of aliphatic hydroxyl groups excluding tert-OH is 1. The Kier molecular flexibility index (Phi) is 30.0. The van der Waals surface area contributed by atoms with Crippen molar-refractivity contribution in [3.8, 4) is 0 Å². The Morgan fingerprint density at radius 3 is 1.00 bits per heavy atom. The number of aliphatic hydroxyl groups is 3. The van der Waals surface area contributed by atoms with Crippen molar-refractivity contribution in [1.29, 1.82) is 0 Å². The molecule has 0 bridgehead atoms. The second-order valence-electron chi connectivity index (χ2n) is 15.7. The Morgan fingerprint density at radius 2 is 0.788 bits per heavy atom. The first-order valence-corrected chi connectivity index (χ1v) is 22.2. The summed E-state index contributed by atoms with van der Waals surface area (Å²) in [7, 11) is -5.40. The predicted octanol–water partition coefficient (Wildman–Crippen LogP) is 10.2. The van der Waals surface area contributed by atoms with E-state index in [1.54, 1.807) is 0 Å². The molecule has 0 saturated carbocycles. The predicted molar refractivity (Wildman–Crippen MR) is 212 cm³/mol. The molecule has 0 aromatic carbocycles. The summed E-state index contributed by atoms with van der Waals surface area (Å²) < 4.78 is 39.9. The van der Waals surface area contributed by atoms with Crippen molar-refractivity contribution in [2.45, 2.75) is 245 Å². The molecule has 0 heterocycles. The maximum absolute atomic E-state index is 13.7. The molecule has 0 aromatic heterocycles. The zero-order chi connectivity index (χ0) is 38.8. The van der Waals surface area contributed by atoms with Gasteiger partial charge in [0.25, 0.3) is 0 Å². The van der Waals surface area contributed by atoms with Crippen molar-refractivity contribution in [3.63, 3.8) is 0 Å². The molecule has 312 valence electrons. The van der Waals surface area contributed by atoms with E-state index < -0.39 is 50.8 Å². The van der Waals surface area contributed by atoms with Gasteiger partial charge in [-0.3, -0.25) is 13.8 Å². The van der Waals surface area contributed by atoms with Gasteiger partial charge in [-0.1, -0.05) is 168 Å². The summed E-state index contributed by atoms with van der Waals surface area (Å²) >= 11 is 0. The van der Waals surface area contributed by atoms with E-state index >= 15 is 0 Å². The van der Waals surface area contributed by atoms with Gasteiger partial charge in [0, 0.05) is 12.8 Å². The molecule has 0 rings (SSSR count). The quantitative estimate of drug-likeness (QED) is 0.0272. The van der Waals surface area contributed by atoms with Crippen LogP contribution in [0, 0.1) is 5.41 Å². The lowest BCUT2D eigenvalue weighted by atomic mass is 9.53. The first-order chi connectivity index (χ1) is 24.0. The van der Waals surface area contributed by atoms with Crippen LogP contribution in [0.1, 0.15) is 221 Å². The first-order valence-electron chi connectivity index (χ1n) is 20.9. The number of hydrogen-bond acceptors (Lipinski definition) is 9. The van der Waals surface area contributed by atoms with Crippen molar-refractivity contribution < 1.29 is 42.1 Å². The minimum atomic E-state index is -5.40. The number of Topliss-reactive ketones (excluding diaryl/α,β-unsaturated/α-hetero) is 2. The largest absolute Gasteiger partial charge is 0.726 e. The average molecular weight is 766 g/mol. The van der Waals surface area contributed by atoms with Crippen LogP contribution in [0.3, 0.4) is 0 Å². The minimum absolute atomic E-state index is 0. The highest BCUT2D eigenvalue weighted by Crippen LogP contribution is 2.51. The van der Waals surface area contributed by atoms with Crippen LogP contribution in [0.2, 0.25) is 0 Å². The molecule has 0 amide bonds. The molecule has 0 radical (unpaired) electrons. The van der Waals surface area contributed by atoms with Crippen LogP contribution in [0.5, 0.6) is 0 Å². The van der Waals surface area contributed by atoms with E-state index in [4.69, 9.17) is 4.18 Å². The highest BCUT2D eigenvalue weighted by atomic mass is 32.3. The van der Waals surface area contributed by atoms with Gasteiger partial charge in [-0.25, -0.2) is 8.42 Å². The monoisotopic (exact) mass is 766 g/mol. The van der Waals surface area contributed by atoms with Gasteiger partial charge in [0.15, 0.2) is 11.6 Å². The lowest BCUT2D eigenvalue weighted by Crippen LogP contribution is -2.74. The van der Waals surface area contributed by atoms with E-state index in [-0.39, 0.29) is 19.0 Å². The second kappa shape index (κ2) is 29.4. The Labute approximate surface area is 319 Å². The van der Waals surface area contributed by atoms with Crippen LogP contribution in [-0.4, -0.2) is 63.3 Å². The number of carbonyl (C=O) groups is 2. The summed E-state index contributed by atoms with van der Waals surface area (Å²) in [5.41, 5.74) is -7.78. The minimum Gasteiger partial charge on any atom is -0.726 e. The summed E-state index contributed by atoms with van der Waals surface area (Å²) in [6.07, 6.45) is 24.8. The summed E-state index contributed by atoms with van der Waals surface area (Å²) in [6, 6.07) is 0. The van der Waals surface area contributed by atoms with Crippen LogP contribution in [0.15, 0.2) is 0 Å². The van der Waals surface area contributed by atoms with Crippen LogP contribution in [-0.2, 0) is 24.2 Å². The van der Waals surface area contributed by atoms with E-state index in [2.05, 4.69) is 13.8 Å². The number of hydrogen-bond donors (Lipinski definition) is 4. The highest BCUT2D eigenvalue weighted by Gasteiger charge is 2.69. The maximum Gasteiger partial charge on any atom is 0.217 e. The number of quaternary nitrogens is 1. The van der Waals surface area contributed by atoms with Gasteiger partial charge < -0.3 is 26.0 Å². The lowest BCUT2D eigenvalue weighted by Gasteiger charge is -2.56. The standard InChI is InChI=1S/C41H80O9S.H3N/c1-7-9-11-13-15-17-19-21-23-25-27-29-31-33-37(43)39(5,45)41(35(3)42,36(4)50-51(47,48)49)40(6,46)38(44)34-32-30-28-26-24-22-20-18-16-14-12-10-8-2;/h35-36,42,45-46H,7-34H2,1-6H3,(H,47,48,49);1H3. The van der Waals surface area contributed by atoms with Gasteiger partial charge in [-0.05, 0) is 40.5 Å². The molecule has 0 aliphatic carbocycles. The third-order valence-corrected chi connectivity index (χ3v) is 11.8. The Bertz CT molecular complexity index is 960. The van der Waals surface area contributed by atoms with Crippen molar-refractivity contribution in [2.75, 3.05) is 0 Å². The van der Waals surface area contributed by atoms with Crippen molar-refractivity contribution in [1.82, 2.24) is 6.15 Å². The average Bonchev–Trinajstić information content (AvgIpc) is 3.04. The molecule has 0 aromatic rings. The fourth-order valence-electron chi connectivity index (χ4n) is 8.23. The molecular weight excluding hydrogens is 683 g/mol. The fraction of sp³-hybridized carbons (Fsp3) is 0.951. The van der Waals surface area contributed by atoms with Gasteiger partial charge in [-0.15, -0.1) is 0 Å². The number of carbonyl (C=O) groups excluding carboxylic acids is 2. The topological polar surface area (TPSA) is 198 Å². The van der Waals surface area contributed by atoms with Crippen LogP contribution in [0.4, 0.5) is 0 Å². The molecule has 0 aliphatic rings. The van der Waals surface area contributed by atoms with Gasteiger partial charge in [-0.2, -0.15) is 0 Å². The summed E-state index contributed by atoms with van der Waals surface area (Å²) in [4.78, 5) is 27.4. The molecule has 0 spiro atoms. The van der Waals surface area contributed by atoms with E-state index in [1.165, 1.54) is 103 Å². The summed E-state index contributed by atoms with van der Waals surface area (Å²) in [5.74, 6) is -1.53. The Morgan fingerprint density at radius 1 is 0.558 bits per heavy atom. The molecule has 52 heavy (non-hydrogen) atoms. The van der Waals surface area contributed by atoms with Gasteiger partial charge >= 0.3 is 0 Å². The fourth-order valence-corrected chi connectivity index (χ4v) is 8.73. The first kappa shape index (κ1) is 53.2. The molecule has 0 saturated heterocycles. The van der Waals surface area contributed by atoms with E-state index in [1.807, 2.05) is 0 Å². The smallest absolute Gasteiger partial charge is 0.217 e. The number of unbranched alkanes of at least 4 members (excludes halogenated alkanes) is 24. The Hall–Kier alpha value is -0.950. The highest BCUT2D eigenvalue weighted by molar-refractivity contribution is 7.80. The van der Waals surface area contributed by atoms with Crippen molar-refractivity contribution >= 4 is 22.0 Å². The van der Waals surface area contributed by atoms with Gasteiger partial charge in [0.1, 0.15) is 11.2 Å². The third kappa shape index (κ3) is 19.6. The van der Waals surface area contributed by atoms with Crippen molar-refractivity contribution in [3.05, 3.63) is 0 Å². The van der Waals surface area contributed by atoms with Gasteiger partial charge in [0.05, 0.1) is 17.6 Å². The normalized spacial score (nSPS) is 16.7. The molecule has 4 unspecified atom stereocenters. The molecule has 10 nitrogen and oxygen atoms in total. The molecular formula is C41H83NO9S. The van der Waals surface area contributed by atoms with Crippen molar-refractivity contribution in [2.24, 2.45) is 5.41 Å². The van der Waals surface area contributed by atoms with E-state index in [0.29, 0.717) is 12.8 Å². The van der Waals surface area contributed by atoms with Gasteiger partial charge in [0.2, 0.25) is 10.4 Å². The molecule has 11 heteroatoms. The third-order valence-electron chi connectivity index (χ3n) is 11.3. The van der Waals surface area contributed by atoms with E-state index in [9.17, 15) is 37.9 Å². The zero-order valence-electron chi connectivity index (χ0n) is 34.7. The Balaban J connectivity index is 0. The molecule has 0 fully saturated rings.